The van der Waals surface area contributed by atoms with Gasteiger partial charge in [0.25, 0.3) is 0 Å². The molecule has 0 aliphatic rings. The van der Waals surface area contributed by atoms with Crippen LogP contribution in [0.5, 0.6) is 0 Å². The minimum absolute atomic E-state index is 0.160. The number of hydrogen-bond acceptors (Lipinski definition) is 5. The van der Waals surface area contributed by atoms with Crippen LogP contribution in [0.4, 0.5) is 0 Å². The summed E-state index contributed by atoms with van der Waals surface area (Å²) in [4.78, 5) is 23.4. The average Bonchev–Trinajstić information content (AvgIpc) is 2.66. The molecule has 0 saturated heterocycles. The maximum atomic E-state index is 11.7. The highest BCUT2D eigenvalue weighted by molar-refractivity contribution is 5.93. The van der Waals surface area contributed by atoms with Crippen LogP contribution < -0.4 is 0 Å². The molecule has 6 heteroatoms. The highest BCUT2D eigenvalue weighted by atomic mass is 16.1. The van der Waals surface area contributed by atoms with Gasteiger partial charge in [-0.15, -0.1) is 0 Å². The Morgan fingerprint density at radius 3 is 2.67 bits per heavy atom. The number of carbonyl (C=O) groups excluding carboxylic acids is 1. The summed E-state index contributed by atoms with van der Waals surface area (Å²) in [7, 11) is 1.74. The number of carbonyl (C=O) groups is 1. The molecule has 2 rings (SSSR count). The normalized spacial score (nSPS) is 10.2. The minimum atomic E-state index is -0.160. The lowest BCUT2D eigenvalue weighted by molar-refractivity contribution is 0.0979. The third-order valence-electron chi connectivity index (χ3n) is 1.94. The second kappa shape index (κ2) is 3.95. The fourth-order valence-corrected chi connectivity index (χ4v) is 1.15. The minimum Gasteiger partial charge on any atom is -0.290 e. The van der Waals surface area contributed by atoms with E-state index in [1.54, 1.807) is 17.8 Å². The van der Waals surface area contributed by atoms with Gasteiger partial charge in [-0.25, -0.2) is 15.0 Å². The van der Waals surface area contributed by atoms with E-state index >= 15 is 0 Å². The van der Waals surface area contributed by atoms with Crippen molar-refractivity contribution in [2.45, 2.75) is 6.42 Å². The maximum absolute atomic E-state index is 11.7. The van der Waals surface area contributed by atoms with E-state index in [1.165, 1.54) is 18.7 Å². The lowest BCUT2D eigenvalue weighted by atomic mass is 10.2. The van der Waals surface area contributed by atoms with Crippen LogP contribution in [0.15, 0.2) is 24.8 Å². The van der Waals surface area contributed by atoms with E-state index in [2.05, 4.69) is 20.1 Å². The Kier molecular flexibility index (Phi) is 2.49. The van der Waals surface area contributed by atoms with Crippen LogP contribution in [-0.2, 0) is 13.5 Å². The summed E-state index contributed by atoms with van der Waals surface area (Å²) in [5.41, 5.74) is 0. The molecule has 0 aliphatic heterocycles. The quantitative estimate of drug-likeness (QED) is 0.658. The molecule has 0 saturated carbocycles. The second-order valence-corrected chi connectivity index (χ2v) is 2.97. The van der Waals surface area contributed by atoms with Crippen LogP contribution in [0.3, 0.4) is 0 Å². The first-order valence-electron chi connectivity index (χ1n) is 4.40. The lowest BCUT2D eigenvalue weighted by Crippen LogP contribution is -2.11. The van der Waals surface area contributed by atoms with Crippen molar-refractivity contribution < 1.29 is 4.79 Å². The third kappa shape index (κ3) is 2.04. The summed E-state index contributed by atoms with van der Waals surface area (Å²) in [6.07, 6.45) is 4.66. The predicted molar refractivity (Wildman–Crippen MR) is 51.1 cm³/mol. The molecule has 6 nitrogen and oxygen atoms in total. The van der Waals surface area contributed by atoms with E-state index in [4.69, 9.17) is 0 Å². The smallest absolute Gasteiger partial charge is 0.207 e. The molecule has 0 spiro atoms. The zero-order chi connectivity index (χ0) is 10.7. The van der Waals surface area contributed by atoms with E-state index < -0.39 is 0 Å². The Bertz CT molecular complexity index is 464. The Morgan fingerprint density at radius 2 is 2.07 bits per heavy atom. The van der Waals surface area contributed by atoms with Gasteiger partial charge < -0.3 is 0 Å². The molecule has 0 fully saturated rings. The Hall–Kier alpha value is -2.11. The molecule has 15 heavy (non-hydrogen) atoms. The molecular formula is C9H9N5O. The van der Waals surface area contributed by atoms with Crippen LogP contribution in [-0.4, -0.2) is 30.5 Å². The number of nitrogens with zero attached hydrogens (tertiary/aromatic N) is 5. The Balaban J connectivity index is 2.15. The van der Waals surface area contributed by atoms with Gasteiger partial charge in [0.15, 0.2) is 5.82 Å². The first-order chi connectivity index (χ1) is 7.27. The number of aryl methyl sites for hydroxylation is 1. The summed E-state index contributed by atoms with van der Waals surface area (Å²) in [6.45, 7) is 0. The largest absolute Gasteiger partial charge is 0.290 e. The molecule has 76 valence electrons. The fraction of sp³-hybridized carbons (Fsp3) is 0.222. The van der Waals surface area contributed by atoms with Gasteiger partial charge in [0, 0.05) is 19.4 Å². The number of ketones is 1. The van der Waals surface area contributed by atoms with Crippen molar-refractivity contribution in [2.75, 3.05) is 0 Å². The van der Waals surface area contributed by atoms with Gasteiger partial charge in [-0.2, -0.15) is 5.10 Å². The topological polar surface area (TPSA) is 73.6 Å². The van der Waals surface area contributed by atoms with E-state index in [0.717, 1.165) is 0 Å². The van der Waals surface area contributed by atoms with Gasteiger partial charge in [0.1, 0.15) is 12.2 Å². The van der Waals surface area contributed by atoms with Gasteiger partial charge >= 0.3 is 0 Å². The van der Waals surface area contributed by atoms with Crippen LogP contribution >= 0.6 is 0 Å². The van der Waals surface area contributed by atoms with Gasteiger partial charge in [0.2, 0.25) is 5.78 Å². The van der Waals surface area contributed by atoms with Crippen molar-refractivity contribution >= 4 is 5.78 Å². The van der Waals surface area contributed by atoms with E-state index in [1.807, 2.05) is 0 Å². The lowest BCUT2D eigenvalue weighted by Gasteiger charge is -1.98. The van der Waals surface area contributed by atoms with Crippen molar-refractivity contribution in [3.63, 3.8) is 0 Å². The maximum Gasteiger partial charge on any atom is 0.207 e. The zero-order valence-electron chi connectivity index (χ0n) is 8.16. The van der Waals surface area contributed by atoms with Crippen LogP contribution in [0.2, 0.25) is 0 Å². The van der Waals surface area contributed by atoms with Crippen molar-refractivity contribution in [3.8, 4) is 0 Å². The molecular weight excluding hydrogens is 194 g/mol. The van der Waals surface area contributed by atoms with Crippen molar-refractivity contribution in [1.29, 1.82) is 0 Å². The first-order valence-corrected chi connectivity index (χ1v) is 4.40. The van der Waals surface area contributed by atoms with Crippen molar-refractivity contribution in [2.24, 2.45) is 7.05 Å². The summed E-state index contributed by atoms with van der Waals surface area (Å²) in [5, 5.41) is 3.88. The van der Waals surface area contributed by atoms with Crippen LogP contribution in [0.25, 0.3) is 0 Å². The Labute approximate surface area is 86.0 Å². The molecule has 0 aromatic carbocycles. The molecule has 2 aromatic heterocycles. The van der Waals surface area contributed by atoms with Gasteiger partial charge in [0.05, 0.1) is 6.42 Å². The highest BCUT2D eigenvalue weighted by Gasteiger charge is 2.12. The summed E-state index contributed by atoms with van der Waals surface area (Å²) >= 11 is 0. The molecule has 2 aromatic rings. The second-order valence-electron chi connectivity index (χ2n) is 2.97. The molecule has 0 radical (unpaired) electrons. The number of Topliss-reactive ketones (excluding diaryl/α,β-unsaturated/α-hetero) is 1. The average molecular weight is 203 g/mol. The third-order valence-corrected chi connectivity index (χ3v) is 1.94. The summed E-state index contributed by atoms with van der Waals surface area (Å²) < 4.78 is 1.56. The predicted octanol–water partition coefficient (Wildman–Crippen LogP) is 0.0305. The molecule has 0 atom stereocenters. The number of aromatic nitrogens is 5. The van der Waals surface area contributed by atoms with Crippen LogP contribution in [0, 0.1) is 0 Å². The van der Waals surface area contributed by atoms with Gasteiger partial charge in [-0.05, 0) is 6.07 Å². The SMILES string of the molecule is Cn1ncnc1CC(=O)c1ncccn1. The monoisotopic (exact) mass is 203 g/mol. The molecule has 2 heterocycles. The number of hydrogen-bond donors (Lipinski definition) is 0. The molecule has 0 aliphatic carbocycles. The van der Waals surface area contributed by atoms with Crippen molar-refractivity contribution in [1.82, 2.24) is 24.7 Å². The Morgan fingerprint density at radius 1 is 1.33 bits per heavy atom. The van der Waals surface area contributed by atoms with Crippen LogP contribution in [0.1, 0.15) is 16.4 Å². The first kappa shape index (κ1) is 9.45. The van der Waals surface area contributed by atoms with E-state index in [-0.39, 0.29) is 18.0 Å². The van der Waals surface area contributed by atoms with Crippen molar-refractivity contribution in [3.05, 3.63) is 36.4 Å². The van der Waals surface area contributed by atoms with Gasteiger partial charge in [-0.3, -0.25) is 9.48 Å². The van der Waals surface area contributed by atoms with E-state index in [0.29, 0.717) is 5.82 Å². The fourth-order valence-electron chi connectivity index (χ4n) is 1.15. The zero-order valence-corrected chi connectivity index (χ0v) is 8.16. The van der Waals surface area contributed by atoms with E-state index in [9.17, 15) is 4.79 Å². The molecule has 0 bridgehead atoms. The standard InChI is InChI=1S/C9H9N5O/c1-14-8(12-6-13-14)5-7(15)9-10-3-2-4-11-9/h2-4,6H,5H2,1H3. The summed E-state index contributed by atoms with van der Waals surface area (Å²) in [5.74, 6) is 0.652. The molecule has 0 unspecified atom stereocenters. The highest BCUT2D eigenvalue weighted by Crippen LogP contribution is 1.98. The molecule has 0 N–H and O–H groups in total. The molecule has 0 amide bonds. The van der Waals surface area contributed by atoms with Gasteiger partial charge in [-0.1, -0.05) is 0 Å². The summed E-state index contributed by atoms with van der Waals surface area (Å²) in [6, 6.07) is 1.67. The number of rotatable bonds is 3.